The lowest BCUT2D eigenvalue weighted by molar-refractivity contribution is -0.145. The molecule has 0 radical (unpaired) electrons. The lowest BCUT2D eigenvalue weighted by atomic mass is 9.95. The first kappa shape index (κ1) is 70.3. The molecule has 0 spiro atoms. The first-order chi connectivity index (χ1) is 39.7. The third kappa shape index (κ3) is 23.0. The lowest BCUT2D eigenvalue weighted by Gasteiger charge is -2.30. The summed E-state index contributed by atoms with van der Waals surface area (Å²) in [6, 6.07) is 3.34. The van der Waals surface area contributed by atoms with Crippen molar-refractivity contribution in [2.24, 2.45) is 39.8 Å². The van der Waals surface area contributed by atoms with Gasteiger partial charge in [-0.1, -0.05) is 82.6 Å². The zero-order valence-corrected chi connectivity index (χ0v) is 49.3. The molecule has 30 heteroatoms. The molecule has 0 aliphatic heterocycles. The van der Waals surface area contributed by atoms with Crippen LogP contribution in [0.4, 0.5) is 0 Å². The number of carbonyl (C=O) groups is 11. The van der Waals surface area contributed by atoms with E-state index in [0.29, 0.717) is 28.5 Å². The fraction of sp³-hybridized carbons (Fsp3) is 0.519. The van der Waals surface area contributed by atoms with Gasteiger partial charge in [-0.2, -0.15) is 25.3 Å². The van der Waals surface area contributed by atoms with Gasteiger partial charge in [0.2, 0.25) is 59.1 Å². The number of aromatic nitrogens is 1. The number of aliphatic carboxylic acids is 1. The number of rotatable bonds is 36. The molecular formula is C54H81N15O13S2. The number of thiol groups is 2. The van der Waals surface area contributed by atoms with Crippen molar-refractivity contribution in [3.63, 3.8) is 0 Å². The van der Waals surface area contributed by atoms with Gasteiger partial charge in [0.05, 0.1) is 18.7 Å². The number of primary amides is 1. The number of carboxylic acids is 1. The van der Waals surface area contributed by atoms with E-state index in [1.54, 1.807) is 88.5 Å². The number of fused-ring (bicyclic) bond motifs is 1. The summed E-state index contributed by atoms with van der Waals surface area (Å²) in [6.07, 6.45) is -0.419. The number of para-hydroxylation sites is 1. The maximum absolute atomic E-state index is 14.4. The summed E-state index contributed by atoms with van der Waals surface area (Å²) in [5.74, 6) is -11.9. The van der Waals surface area contributed by atoms with Crippen LogP contribution in [-0.4, -0.2) is 171 Å². The van der Waals surface area contributed by atoms with Crippen LogP contribution >= 0.6 is 25.3 Å². The molecule has 0 aliphatic carbocycles. The number of nitrogens with zero attached hydrogens (tertiary/aromatic N) is 1. The van der Waals surface area contributed by atoms with Crippen LogP contribution < -0.4 is 70.8 Å². The Hall–Kier alpha value is -7.96. The molecule has 0 fully saturated rings. The summed E-state index contributed by atoms with van der Waals surface area (Å²) < 4.78 is 0. The minimum absolute atomic E-state index is 0.0154. The fourth-order valence-electron chi connectivity index (χ4n) is 8.39. The number of carbonyl (C=O) groups excluding carboxylic acids is 10. The van der Waals surface area contributed by atoms with Crippen LogP contribution in [0, 0.1) is 11.8 Å². The minimum Gasteiger partial charge on any atom is -0.480 e. The van der Waals surface area contributed by atoms with Gasteiger partial charge in [-0.05, 0) is 55.2 Å². The molecule has 1 heterocycles. The maximum Gasteiger partial charge on any atom is 0.328 e. The third-order valence-corrected chi connectivity index (χ3v) is 14.2. The van der Waals surface area contributed by atoms with Gasteiger partial charge < -0.3 is 86.0 Å². The third-order valence-electron chi connectivity index (χ3n) is 13.4. The number of guanidine groups is 1. The number of amides is 10. The molecule has 462 valence electrons. The highest BCUT2D eigenvalue weighted by atomic mass is 32.1. The monoisotopic (exact) mass is 1210 g/mol. The van der Waals surface area contributed by atoms with Crippen molar-refractivity contribution in [2.75, 3.05) is 24.6 Å². The average molecular weight is 1210 g/mol. The van der Waals surface area contributed by atoms with Gasteiger partial charge in [-0.3, -0.25) is 52.9 Å². The second-order valence-electron chi connectivity index (χ2n) is 20.4. The molecule has 3 rings (SSSR count). The normalized spacial score (nSPS) is 15.1. The molecule has 10 amide bonds. The van der Waals surface area contributed by atoms with Crippen molar-refractivity contribution in [2.45, 2.75) is 140 Å². The van der Waals surface area contributed by atoms with E-state index in [2.05, 4.69) is 83.1 Å². The number of aliphatic hydroxyl groups excluding tert-OH is 1. The number of aliphatic hydroxyl groups is 1. The van der Waals surface area contributed by atoms with E-state index in [0.717, 1.165) is 0 Å². The maximum atomic E-state index is 14.4. The standard InChI is InChI=1S/C54H81N15O13S2/c1-6-28(4)43(52(80)69-44(29(5)70)53(81)82)68-51(79)42(27(2)3)67-49(77)38(22-31-23-60-34-16-11-10-15-32(31)34)66-50(78)39(26-84)62-41(72)24-61-46(74)36(18-19-40(56)71)64-47(75)35(17-12-20-59-54(57)58)63-48(76)37(65-45(73)33(55)25-83)21-30-13-8-7-9-14-30/h7-11,13-16,23,27-29,33,35-39,42-44,60,70,83-84H,6,12,17-22,24-26,55H2,1-5H3,(H2,56,71)(H,61,74)(H,62,72)(H,63,76)(H,64,75)(H,65,73)(H,66,78)(H,67,77)(H,68,79)(H,69,80)(H,81,82)(H4,57,58,59)/t28-,29+,33-,35-,36-,37-,38-,39-,42-,43-,44-/m0/s1. The van der Waals surface area contributed by atoms with E-state index in [1.165, 1.54) is 6.92 Å². The smallest absolute Gasteiger partial charge is 0.328 e. The van der Waals surface area contributed by atoms with Crippen LogP contribution in [0.1, 0.15) is 77.8 Å². The van der Waals surface area contributed by atoms with Gasteiger partial charge in [0.1, 0.15) is 42.3 Å². The Morgan fingerprint density at radius 3 is 1.73 bits per heavy atom. The molecule has 0 bridgehead atoms. The number of aromatic amines is 1. The van der Waals surface area contributed by atoms with E-state index in [-0.39, 0.29) is 56.1 Å². The predicted octanol–water partition coefficient (Wildman–Crippen LogP) is -3.38. The van der Waals surface area contributed by atoms with Crippen molar-refractivity contribution in [1.82, 2.24) is 52.8 Å². The van der Waals surface area contributed by atoms with Crippen LogP contribution in [-0.2, 0) is 65.6 Å². The van der Waals surface area contributed by atoms with E-state index in [1.807, 2.05) is 0 Å². The molecule has 2 aromatic carbocycles. The molecule has 0 aliphatic rings. The Kier molecular flexibility index (Phi) is 29.5. The summed E-state index contributed by atoms with van der Waals surface area (Å²) >= 11 is 8.34. The van der Waals surface area contributed by atoms with Crippen molar-refractivity contribution in [3.05, 3.63) is 71.9 Å². The number of carboxylic acid groups (broad SMARTS) is 1. The molecule has 3 aromatic rings. The Balaban J connectivity index is 1.85. The highest BCUT2D eigenvalue weighted by Crippen LogP contribution is 2.20. The largest absolute Gasteiger partial charge is 0.480 e. The van der Waals surface area contributed by atoms with Crippen LogP contribution in [0.5, 0.6) is 0 Å². The van der Waals surface area contributed by atoms with Crippen molar-refractivity contribution in [3.8, 4) is 0 Å². The second-order valence-corrected chi connectivity index (χ2v) is 21.2. The number of nitrogens with two attached hydrogens (primary N) is 4. The quantitative estimate of drug-likeness (QED) is 0.0117. The highest BCUT2D eigenvalue weighted by molar-refractivity contribution is 7.80. The average Bonchev–Trinajstić information content (AvgIpc) is 3.79. The first-order valence-corrected chi connectivity index (χ1v) is 28.5. The van der Waals surface area contributed by atoms with E-state index >= 15 is 0 Å². The van der Waals surface area contributed by atoms with Crippen LogP contribution in [0.25, 0.3) is 10.9 Å². The summed E-state index contributed by atoms with van der Waals surface area (Å²) in [6.45, 7) is 7.04. The zero-order chi connectivity index (χ0) is 62.8. The summed E-state index contributed by atoms with van der Waals surface area (Å²) in [5.41, 5.74) is 24.2. The van der Waals surface area contributed by atoms with E-state index in [4.69, 9.17) is 22.9 Å². The molecule has 20 N–H and O–H groups in total. The lowest BCUT2D eigenvalue weighted by Crippen LogP contribution is -2.62. The Morgan fingerprint density at radius 1 is 0.607 bits per heavy atom. The van der Waals surface area contributed by atoms with Crippen molar-refractivity contribution in [1.29, 1.82) is 0 Å². The van der Waals surface area contributed by atoms with Gasteiger partial charge in [-0.15, -0.1) is 0 Å². The number of benzene rings is 2. The van der Waals surface area contributed by atoms with Crippen LogP contribution in [0.2, 0.25) is 0 Å². The van der Waals surface area contributed by atoms with Gasteiger partial charge >= 0.3 is 5.97 Å². The number of nitrogens with one attached hydrogen (secondary N) is 10. The van der Waals surface area contributed by atoms with Gasteiger partial charge in [0.25, 0.3) is 0 Å². The molecule has 0 saturated heterocycles. The SMILES string of the molecule is CC[C@H](C)[C@H](NC(=O)[C@@H](NC(=O)[C@H](Cc1c[nH]c2ccccc12)NC(=O)[C@H](CS)NC(=O)CNC(=O)[C@H](CCC(N)=O)NC(=O)[C@H](CCCN=C(N)N)NC(=O)[C@H](Cc1ccccc1)NC(=O)[C@@H](N)CS)C(C)C)C(=O)N[C@H](C(=O)O)[C@@H](C)O. The van der Waals surface area contributed by atoms with E-state index < -0.39 is 150 Å². The molecule has 1 aromatic heterocycles. The van der Waals surface area contributed by atoms with Gasteiger partial charge in [0.15, 0.2) is 12.0 Å². The molecule has 11 atom stereocenters. The number of hydrogen-bond acceptors (Lipinski definition) is 16. The molecule has 28 nitrogen and oxygen atoms in total. The van der Waals surface area contributed by atoms with Gasteiger partial charge in [-0.25, -0.2) is 4.79 Å². The fourth-order valence-corrected chi connectivity index (χ4v) is 8.81. The van der Waals surface area contributed by atoms with Crippen LogP contribution in [0.3, 0.4) is 0 Å². The molecular weight excluding hydrogens is 1130 g/mol. The Bertz CT molecular complexity index is 2780. The van der Waals surface area contributed by atoms with Crippen molar-refractivity contribution < 1.29 is 63.0 Å². The predicted molar refractivity (Wildman–Crippen MR) is 318 cm³/mol. The number of H-pyrrole nitrogens is 1. The summed E-state index contributed by atoms with van der Waals surface area (Å²) in [7, 11) is 0. The number of hydrogen-bond donors (Lipinski definition) is 18. The highest BCUT2D eigenvalue weighted by Gasteiger charge is 2.37. The molecule has 0 saturated carbocycles. The number of aliphatic imine (C=N–C) groups is 1. The second kappa shape index (κ2) is 35.2. The topological polar surface area (TPSA) is 469 Å². The van der Waals surface area contributed by atoms with Crippen molar-refractivity contribution >= 4 is 107 Å². The summed E-state index contributed by atoms with van der Waals surface area (Å²) in [5, 5.41) is 43.0. The molecule has 0 unspecified atom stereocenters. The zero-order valence-electron chi connectivity index (χ0n) is 47.5. The Labute approximate surface area is 497 Å². The minimum atomic E-state index is -1.69. The van der Waals surface area contributed by atoms with Gasteiger partial charge in [0, 0.05) is 54.4 Å². The summed E-state index contributed by atoms with van der Waals surface area (Å²) in [4.78, 5) is 155. The van der Waals surface area contributed by atoms with Crippen LogP contribution in [0.15, 0.2) is 65.8 Å². The first-order valence-electron chi connectivity index (χ1n) is 27.2. The Morgan fingerprint density at radius 2 is 1.14 bits per heavy atom. The molecule has 84 heavy (non-hydrogen) atoms. The van der Waals surface area contributed by atoms with E-state index in [9.17, 15) is 63.0 Å².